The second kappa shape index (κ2) is 6.64. The fourth-order valence-electron chi connectivity index (χ4n) is 2.30. The van der Waals surface area contributed by atoms with Crippen molar-refractivity contribution in [3.05, 3.63) is 54.1 Å². The average molecular weight is 384 g/mol. The summed E-state index contributed by atoms with van der Waals surface area (Å²) in [6.07, 6.45) is -2.99. The topological polar surface area (TPSA) is 75.3 Å². The normalized spacial score (nSPS) is 14.7. The first kappa shape index (κ1) is 18.2. The van der Waals surface area contributed by atoms with E-state index in [9.17, 15) is 26.4 Å². The van der Waals surface area contributed by atoms with Crippen molar-refractivity contribution in [2.45, 2.75) is 23.9 Å². The van der Waals surface area contributed by atoms with E-state index in [4.69, 9.17) is 0 Å². The Morgan fingerprint density at radius 1 is 1.00 bits per heavy atom. The summed E-state index contributed by atoms with van der Waals surface area (Å²) < 4.78 is 65.3. The molecule has 1 aliphatic carbocycles. The third-order valence-electron chi connectivity index (χ3n) is 3.80. The molecule has 0 unspecified atom stereocenters. The lowest BCUT2D eigenvalue weighted by atomic mass is 10.2. The fraction of sp³-hybridized carbons (Fsp3) is 0.235. The molecule has 2 N–H and O–H groups in total. The summed E-state index contributed by atoms with van der Waals surface area (Å²) in [5.74, 6) is -0.150. The maximum absolute atomic E-state index is 12.8. The number of alkyl halides is 3. The lowest BCUT2D eigenvalue weighted by molar-refractivity contribution is -0.137. The Hall–Kier alpha value is -2.55. The van der Waals surface area contributed by atoms with Crippen molar-refractivity contribution in [2.24, 2.45) is 5.92 Å². The molecule has 0 atom stereocenters. The Balaban J connectivity index is 1.80. The van der Waals surface area contributed by atoms with E-state index in [2.05, 4.69) is 10.0 Å². The number of carbonyl (C=O) groups is 1. The van der Waals surface area contributed by atoms with E-state index in [0.29, 0.717) is 11.8 Å². The molecule has 9 heteroatoms. The van der Waals surface area contributed by atoms with Crippen LogP contribution in [-0.4, -0.2) is 14.3 Å². The second-order valence-electron chi connectivity index (χ2n) is 5.98. The molecular formula is C17H15F3N2O3S. The molecule has 0 bridgehead atoms. The van der Waals surface area contributed by atoms with E-state index in [0.717, 1.165) is 31.0 Å². The maximum Gasteiger partial charge on any atom is 0.416 e. The molecule has 3 rings (SSSR count). The van der Waals surface area contributed by atoms with Crippen LogP contribution < -0.4 is 10.0 Å². The molecule has 138 valence electrons. The minimum atomic E-state index is -4.64. The van der Waals surface area contributed by atoms with Gasteiger partial charge in [0.05, 0.1) is 16.1 Å². The van der Waals surface area contributed by atoms with Gasteiger partial charge in [0.25, 0.3) is 10.0 Å². The zero-order chi connectivity index (χ0) is 18.9. The second-order valence-corrected chi connectivity index (χ2v) is 7.66. The van der Waals surface area contributed by atoms with E-state index < -0.39 is 26.7 Å². The van der Waals surface area contributed by atoms with E-state index in [-0.39, 0.29) is 17.5 Å². The Bertz CT molecular complexity index is 938. The summed E-state index contributed by atoms with van der Waals surface area (Å²) in [5.41, 5.74) is -0.507. The lowest BCUT2D eigenvalue weighted by Gasteiger charge is -2.12. The lowest BCUT2D eigenvalue weighted by Crippen LogP contribution is -2.16. The van der Waals surface area contributed by atoms with Crippen LogP contribution in [0, 0.1) is 5.92 Å². The highest BCUT2D eigenvalue weighted by Crippen LogP contribution is 2.32. The van der Waals surface area contributed by atoms with Crippen molar-refractivity contribution in [3.8, 4) is 0 Å². The van der Waals surface area contributed by atoms with Crippen molar-refractivity contribution in [1.82, 2.24) is 0 Å². The summed E-state index contributed by atoms with van der Waals surface area (Å²) >= 11 is 0. The SMILES string of the molecule is O=C(Nc1cccc(NS(=O)(=O)c2cccc(C(F)(F)F)c2)c1)C1CC1. The van der Waals surface area contributed by atoms with Gasteiger partial charge in [0.2, 0.25) is 5.91 Å². The van der Waals surface area contributed by atoms with Crippen LogP contribution in [0.25, 0.3) is 0 Å². The average Bonchev–Trinajstić information content (AvgIpc) is 3.39. The van der Waals surface area contributed by atoms with Crippen molar-refractivity contribution in [1.29, 1.82) is 0 Å². The Kier molecular flexibility index (Phi) is 4.66. The molecule has 2 aromatic rings. The first-order chi connectivity index (χ1) is 12.1. The van der Waals surface area contributed by atoms with E-state index >= 15 is 0 Å². The van der Waals surface area contributed by atoms with Gasteiger partial charge in [0.1, 0.15) is 0 Å². The molecule has 0 heterocycles. The van der Waals surface area contributed by atoms with Gasteiger partial charge in [-0.05, 0) is 49.2 Å². The van der Waals surface area contributed by atoms with Crippen molar-refractivity contribution >= 4 is 27.3 Å². The molecule has 0 saturated heterocycles. The van der Waals surface area contributed by atoms with Gasteiger partial charge in [-0.3, -0.25) is 9.52 Å². The summed E-state index contributed by atoms with van der Waals surface area (Å²) in [5, 5.41) is 2.68. The van der Waals surface area contributed by atoms with Gasteiger partial charge >= 0.3 is 6.18 Å². The minimum Gasteiger partial charge on any atom is -0.326 e. The van der Waals surface area contributed by atoms with Crippen LogP contribution in [0.4, 0.5) is 24.5 Å². The molecule has 5 nitrogen and oxygen atoms in total. The Morgan fingerprint density at radius 3 is 2.31 bits per heavy atom. The zero-order valence-electron chi connectivity index (χ0n) is 13.4. The molecule has 1 amide bonds. The van der Waals surface area contributed by atoms with Crippen LogP contribution in [0.5, 0.6) is 0 Å². The summed E-state index contributed by atoms with van der Waals surface area (Å²) in [4.78, 5) is 11.3. The van der Waals surface area contributed by atoms with Crippen LogP contribution in [0.3, 0.4) is 0 Å². The molecule has 0 radical (unpaired) electrons. The standard InChI is InChI=1S/C17H15F3N2O3S/c18-17(19,20)12-3-1-6-15(9-12)26(24,25)22-14-5-2-4-13(10-14)21-16(23)11-7-8-11/h1-6,9-11,22H,7-8H2,(H,21,23). The number of rotatable bonds is 5. The number of hydrogen-bond donors (Lipinski definition) is 2. The molecular weight excluding hydrogens is 369 g/mol. The van der Waals surface area contributed by atoms with Crippen molar-refractivity contribution in [3.63, 3.8) is 0 Å². The van der Waals surface area contributed by atoms with Gasteiger partial charge in [-0.2, -0.15) is 13.2 Å². The number of hydrogen-bond acceptors (Lipinski definition) is 3. The van der Waals surface area contributed by atoms with Crippen LogP contribution in [0.1, 0.15) is 18.4 Å². The van der Waals surface area contributed by atoms with Gasteiger partial charge < -0.3 is 5.32 Å². The number of amides is 1. The van der Waals surface area contributed by atoms with Crippen LogP contribution in [0.15, 0.2) is 53.4 Å². The maximum atomic E-state index is 12.8. The third-order valence-corrected chi connectivity index (χ3v) is 5.18. The highest BCUT2D eigenvalue weighted by atomic mass is 32.2. The van der Waals surface area contributed by atoms with Gasteiger partial charge in [0.15, 0.2) is 0 Å². The molecule has 1 fully saturated rings. The largest absolute Gasteiger partial charge is 0.416 e. The smallest absolute Gasteiger partial charge is 0.326 e. The molecule has 2 aromatic carbocycles. The third kappa shape index (κ3) is 4.34. The van der Waals surface area contributed by atoms with Crippen molar-refractivity contribution in [2.75, 3.05) is 10.0 Å². The number of nitrogens with one attached hydrogen (secondary N) is 2. The van der Waals surface area contributed by atoms with Gasteiger partial charge in [0, 0.05) is 11.6 Å². The number of anilines is 2. The first-order valence-corrected chi connectivity index (χ1v) is 9.24. The van der Waals surface area contributed by atoms with Gasteiger partial charge in [-0.15, -0.1) is 0 Å². The van der Waals surface area contributed by atoms with E-state index in [1.54, 1.807) is 6.07 Å². The Labute approximate surface area is 148 Å². The summed E-state index contributed by atoms with van der Waals surface area (Å²) in [7, 11) is -4.21. The highest BCUT2D eigenvalue weighted by molar-refractivity contribution is 7.92. The minimum absolute atomic E-state index is 0.0135. The molecule has 0 aliphatic heterocycles. The summed E-state index contributed by atoms with van der Waals surface area (Å²) in [6, 6.07) is 9.46. The van der Waals surface area contributed by atoms with Crippen LogP contribution in [-0.2, 0) is 21.0 Å². The van der Waals surface area contributed by atoms with E-state index in [1.165, 1.54) is 18.2 Å². The predicted octanol–water partition coefficient (Wildman–Crippen LogP) is 3.85. The Morgan fingerprint density at radius 2 is 1.65 bits per heavy atom. The number of benzene rings is 2. The number of carbonyl (C=O) groups excluding carboxylic acids is 1. The quantitative estimate of drug-likeness (QED) is 0.822. The van der Waals surface area contributed by atoms with Gasteiger partial charge in [-0.25, -0.2) is 8.42 Å². The predicted molar refractivity (Wildman–Crippen MR) is 90.0 cm³/mol. The molecule has 0 spiro atoms. The summed E-state index contributed by atoms with van der Waals surface area (Å²) in [6.45, 7) is 0. The number of halogens is 3. The first-order valence-electron chi connectivity index (χ1n) is 7.76. The molecule has 1 saturated carbocycles. The van der Waals surface area contributed by atoms with Gasteiger partial charge in [-0.1, -0.05) is 12.1 Å². The van der Waals surface area contributed by atoms with Crippen molar-refractivity contribution < 1.29 is 26.4 Å². The monoisotopic (exact) mass is 384 g/mol. The van der Waals surface area contributed by atoms with Crippen LogP contribution >= 0.6 is 0 Å². The molecule has 26 heavy (non-hydrogen) atoms. The molecule has 1 aliphatic rings. The zero-order valence-corrected chi connectivity index (χ0v) is 14.2. The van der Waals surface area contributed by atoms with Crippen LogP contribution in [0.2, 0.25) is 0 Å². The fourth-order valence-corrected chi connectivity index (χ4v) is 3.40. The highest BCUT2D eigenvalue weighted by Gasteiger charge is 2.32. The van der Waals surface area contributed by atoms with E-state index in [1.807, 2.05) is 0 Å². The molecule has 0 aromatic heterocycles. The number of sulfonamides is 1.